The van der Waals surface area contributed by atoms with Gasteiger partial charge in [-0.15, -0.1) is 0 Å². The molecule has 2 heterocycles. The zero-order valence-electron chi connectivity index (χ0n) is 17.6. The number of aliphatic hydroxyl groups is 1. The van der Waals surface area contributed by atoms with Gasteiger partial charge in [-0.25, -0.2) is 9.97 Å². The molecule has 1 aliphatic heterocycles. The Labute approximate surface area is 172 Å². The fraction of sp³-hybridized carbons (Fsp3) is 0.625. The van der Waals surface area contributed by atoms with Crippen LogP contribution in [0.25, 0.3) is 6.08 Å². The van der Waals surface area contributed by atoms with E-state index in [2.05, 4.69) is 36.0 Å². The summed E-state index contributed by atoms with van der Waals surface area (Å²) in [5.41, 5.74) is 2.07. The molecule has 3 aliphatic carbocycles. The summed E-state index contributed by atoms with van der Waals surface area (Å²) in [6, 6.07) is 0.299. The Morgan fingerprint density at radius 2 is 1.93 bits per heavy atom. The molecule has 1 aromatic heterocycles. The van der Waals surface area contributed by atoms with Crippen LogP contribution >= 0.6 is 0 Å². The summed E-state index contributed by atoms with van der Waals surface area (Å²) < 4.78 is 0. The van der Waals surface area contributed by atoms with Crippen molar-refractivity contribution in [2.24, 2.45) is 28.6 Å². The van der Waals surface area contributed by atoms with Crippen LogP contribution in [0.1, 0.15) is 51.5 Å². The second-order valence-electron chi connectivity index (χ2n) is 10.2. The van der Waals surface area contributed by atoms with E-state index >= 15 is 0 Å². The number of fused-ring (bicyclic) bond motifs is 5. The molecule has 5 nitrogen and oxygen atoms in total. The monoisotopic (exact) mass is 393 g/mol. The minimum Gasteiger partial charge on any atom is -0.388 e. The molecule has 1 N–H and O–H groups in total. The molecule has 29 heavy (non-hydrogen) atoms. The van der Waals surface area contributed by atoms with Gasteiger partial charge in [0.25, 0.3) is 0 Å². The molecule has 1 amide bonds. The van der Waals surface area contributed by atoms with E-state index in [1.165, 1.54) is 6.33 Å². The summed E-state index contributed by atoms with van der Waals surface area (Å²) >= 11 is 0. The van der Waals surface area contributed by atoms with Crippen molar-refractivity contribution in [2.75, 3.05) is 7.05 Å². The Bertz CT molecular complexity index is 881. The van der Waals surface area contributed by atoms with Gasteiger partial charge in [-0.2, -0.15) is 0 Å². The van der Waals surface area contributed by atoms with E-state index in [4.69, 9.17) is 0 Å². The molecule has 0 saturated heterocycles. The molecular formula is C24H31N3O2. The zero-order valence-corrected chi connectivity index (χ0v) is 17.6. The standard InChI is InChI=1S/C24H31N3O2/c1-23-9-7-21(28)27(3)20(23)5-4-17-18(23)6-8-24(2)19(17)11-16(22(24)29)10-15-12-25-14-26-13-15/h7,9-10,12-14,17-20,22,29H,4-6,8,11H2,1-3H3/t17-,18-,19+,20?,22?,23-,24+/m1/s1. The molecule has 0 radical (unpaired) electrons. The minimum atomic E-state index is -0.398. The summed E-state index contributed by atoms with van der Waals surface area (Å²) in [6.45, 7) is 4.65. The second-order valence-corrected chi connectivity index (χ2v) is 10.2. The first kappa shape index (κ1) is 19.0. The third-order valence-electron chi connectivity index (χ3n) is 8.93. The van der Waals surface area contributed by atoms with E-state index in [0.29, 0.717) is 23.8 Å². The van der Waals surface area contributed by atoms with Crippen molar-refractivity contribution in [3.63, 3.8) is 0 Å². The predicted octanol–water partition coefficient (Wildman–Crippen LogP) is 3.47. The topological polar surface area (TPSA) is 66.3 Å². The molecule has 3 fully saturated rings. The van der Waals surface area contributed by atoms with Gasteiger partial charge in [0.15, 0.2) is 0 Å². The van der Waals surface area contributed by atoms with E-state index in [9.17, 15) is 9.90 Å². The van der Waals surface area contributed by atoms with Crippen molar-refractivity contribution in [3.8, 4) is 0 Å². The number of amides is 1. The highest BCUT2D eigenvalue weighted by Gasteiger charge is 2.61. The van der Waals surface area contributed by atoms with E-state index in [1.54, 1.807) is 6.08 Å². The van der Waals surface area contributed by atoms with E-state index in [-0.39, 0.29) is 16.7 Å². The molecule has 0 aromatic carbocycles. The number of likely N-dealkylation sites (N-methyl/N-ethyl adjacent to an activating group) is 1. The van der Waals surface area contributed by atoms with Crippen LogP contribution in [0.3, 0.4) is 0 Å². The molecule has 0 spiro atoms. The number of rotatable bonds is 1. The van der Waals surface area contributed by atoms with Crippen LogP contribution < -0.4 is 0 Å². The summed E-state index contributed by atoms with van der Waals surface area (Å²) in [5.74, 6) is 1.78. The predicted molar refractivity (Wildman–Crippen MR) is 111 cm³/mol. The van der Waals surface area contributed by atoms with E-state index in [1.807, 2.05) is 24.3 Å². The fourth-order valence-electron chi connectivity index (χ4n) is 7.34. The number of hydrogen-bond acceptors (Lipinski definition) is 4. The molecule has 7 atom stereocenters. The summed E-state index contributed by atoms with van der Waals surface area (Å²) in [5, 5.41) is 11.3. The van der Waals surface area contributed by atoms with Crippen molar-refractivity contribution in [1.29, 1.82) is 0 Å². The van der Waals surface area contributed by atoms with Crippen molar-refractivity contribution in [1.82, 2.24) is 14.9 Å². The number of carbonyl (C=O) groups is 1. The molecule has 0 bridgehead atoms. The molecule has 5 heteroatoms. The minimum absolute atomic E-state index is 0.0393. The molecule has 2 unspecified atom stereocenters. The number of aliphatic hydroxyl groups excluding tert-OH is 1. The highest BCUT2D eigenvalue weighted by atomic mass is 16.3. The van der Waals surface area contributed by atoms with Crippen LogP contribution in [0.4, 0.5) is 0 Å². The number of nitrogens with zero attached hydrogens (tertiary/aromatic N) is 3. The van der Waals surface area contributed by atoms with Gasteiger partial charge in [0.2, 0.25) is 5.91 Å². The summed E-state index contributed by atoms with van der Waals surface area (Å²) in [6.07, 6.45) is 16.2. The molecule has 1 aromatic rings. The van der Waals surface area contributed by atoms with Crippen LogP contribution in [0.15, 0.2) is 36.4 Å². The lowest BCUT2D eigenvalue weighted by Crippen LogP contribution is -2.59. The summed E-state index contributed by atoms with van der Waals surface area (Å²) in [4.78, 5) is 22.4. The molecule has 154 valence electrons. The van der Waals surface area contributed by atoms with Crippen LogP contribution in [0, 0.1) is 28.6 Å². The first-order valence-electron chi connectivity index (χ1n) is 10.9. The molecule has 4 aliphatic rings. The average Bonchev–Trinajstić information content (AvgIpc) is 2.97. The van der Waals surface area contributed by atoms with Crippen LogP contribution in [-0.2, 0) is 4.79 Å². The lowest BCUT2D eigenvalue weighted by atomic mass is 9.48. The maximum Gasteiger partial charge on any atom is 0.246 e. The maximum atomic E-state index is 12.2. The van der Waals surface area contributed by atoms with Gasteiger partial charge in [0.05, 0.1) is 6.10 Å². The smallest absolute Gasteiger partial charge is 0.246 e. The SMILES string of the molecule is CN1C(=O)C=C[C@@]2(C)C1CC[C@@H]1[C@H]2CC[C@]2(C)C(O)C(=Cc3cncnc3)C[C@@H]12. The van der Waals surface area contributed by atoms with E-state index < -0.39 is 6.10 Å². The Kier molecular flexibility index (Phi) is 4.25. The highest BCUT2D eigenvalue weighted by Crippen LogP contribution is 2.64. The van der Waals surface area contributed by atoms with Crippen molar-refractivity contribution in [3.05, 3.63) is 42.0 Å². The highest BCUT2D eigenvalue weighted by molar-refractivity contribution is 5.89. The number of hydrogen-bond donors (Lipinski definition) is 1. The first-order chi connectivity index (χ1) is 13.8. The van der Waals surface area contributed by atoms with Gasteiger partial charge in [-0.3, -0.25) is 4.79 Å². The van der Waals surface area contributed by atoms with Crippen LogP contribution in [0.2, 0.25) is 0 Å². The van der Waals surface area contributed by atoms with Gasteiger partial charge in [0, 0.05) is 41.9 Å². The average molecular weight is 394 g/mol. The van der Waals surface area contributed by atoms with Crippen LogP contribution in [-0.4, -0.2) is 45.1 Å². The van der Waals surface area contributed by atoms with Crippen molar-refractivity contribution >= 4 is 12.0 Å². The van der Waals surface area contributed by atoms with Gasteiger partial charge >= 0.3 is 0 Å². The lowest BCUT2D eigenvalue weighted by Gasteiger charge is -2.59. The third-order valence-corrected chi connectivity index (χ3v) is 8.93. The van der Waals surface area contributed by atoms with Crippen molar-refractivity contribution < 1.29 is 9.90 Å². The summed E-state index contributed by atoms with van der Waals surface area (Å²) in [7, 11) is 1.96. The first-order valence-corrected chi connectivity index (χ1v) is 10.9. The lowest BCUT2D eigenvalue weighted by molar-refractivity contribution is -0.140. The zero-order chi connectivity index (χ0) is 20.4. The normalized spacial score (nSPS) is 45.1. The molecular weight excluding hydrogens is 362 g/mol. The largest absolute Gasteiger partial charge is 0.388 e. The second kappa shape index (κ2) is 6.49. The molecule has 5 rings (SSSR count). The van der Waals surface area contributed by atoms with Gasteiger partial charge in [0.1, 0.15) is 6.33 Å². The Morgan fingerprint density at radius 1 is 1.17 bits per heavy atom. The molecule has 3 saturated carbocycles. The maximum absolute atomic E-state index is 12.2. The van der Waals surface area contributed by atoms with Gasteiger partial charge < -0.3 is 10.0 Å². The Morgan fingerprint density at radius 3 is 2.69 bits per heavy atom. The van der Waals surface area contributed by atoms with Gasteiger partial charge in [-0.05, 0) is 61.5 Å². The van der Waals surface area contributed by atoms with E-state index in [0.717, 1.165) is 43.2 Å². The third kappa shape index (κ3) is 2.66. The fourth-order valence-corrected chi connectivity index (χ4v) is 7.34. The van der Waals surface area contributed by atoms with Gasteiger partial charge in [-0.1, -0.05) is 26.0 Å². The Hall–Kier alpha value is -2.01. The number of carbonyl (C=O) groups excluding carboxylic acids is 1. The van der Waals surface area contributed by atoms with Crippen LogP contribution in [0.5, 0.6) is 0 Å². The number of aromatic nitrogens is 2. The Balaban J connectivity index is 1.48. The quantitative estimate of drug-likeness (QED) is 0.793. The van der Waals surface area contributed by atoms with Crippen molar-refractivity contribution in [2.45, 2.75) is 58.1 Å².